The summed E-state index contributed by atoms with van der Waals surface area (Å²) in [5, 5.41) is 6.07. The fraction of sp³-hybridized carbons (Fsp3) is 0.467. The maximum absolute atomic E-state index is 12.1. The van der Waals surface area contributed by atoms with E-state index in [9.17, 15) is 9.59 Å². The van der Waals surface area contributed by atoms with E-state index in [0.717, 1.165) is 24.3 Å². The van der Waals surface area contributed by atoms with Gasteiger partial charge in [0, 0.05) is 11.6 Å². The standard InChI is InChI=1S/C15H20N2O3.ClH/c1-10(12-8-16-9-12)15(19)17-13-5-3-4-11(6-13)7-14(18)20-2;/h3-6,10,12,16H,7-9H2,1-2H3,(H,17,19);1H. The topological polar surface area (TPSA) is 67.4 Å². The van der Waals surface area contributed by atoms with Crippen molar-refractivity contribution in [2.75, 3.05) is 25.5 Å². The van der Waals surface area contributed by atoms with Crippen molar-refractivity contribution in [3.8, 4) is 0 Å². The minimum absolute atomic E-state index is 0. The Bertz CT molecular complexity index is 503. The average molecular weight is 313 g/mol. The number of benzene rings is 1. The molecule has 5 nitrogen and oxygen atoms in total. The van der Waals surface area contributed by atoms with Crippen molar-refractivity contribution in [3.05, 3.63) is 29.8 Å². The Morgan fingerprint density at radius 2 is 2.14 bits per heavy atom. The summed E-state index contributed by atoms with van der Waals surface area (Å²) in [5.41, 5.74) is 1.54. The molecule has 116 valence electrons. The normalized spacial score (nSPS) is 15.3. The number of ether oxygens (including phenoxy) is 1. The molecule has 1 aliphatic heterocycles. The third kappa shape index (κ3) is 4.72. The summed E-state index contributed by atoms with van der Waals surface area (Å²) in [4.78, 5) is 23.3. The Labute approximate surface area is 130 Å². The smallest absolute Gasteiger partial charge is 0.309 e. The van der Waals surface area contributed by atoms with E-state index in [1.807, 2.05) is 25.1 Å². The molecule has 1 unspecified atom stereocenters. The summed E-state index contributed by atoms with van der Waals surface area (Å²) in [5.74, 6) is 0.128. The van der Waals surface area contributed by atoms with Crippen LogP contribution in [0.25, 0.3) is 0 Å². The molecular formula is C15H21ClN2O3. The van der Waals surface area contributed by atoms with Gasteiger partial charge in [-0.05, 0) is 36.7 Å². The predicted octanol–water partition coefficient (Wildman–Crippen LogP) is 1.62. The van der Waals surface area contributed by atoms with Gasteiger partial charge >= 0.3 is 5.97 Å². The minimum atomic E-state index is -0.289. The summed E-state index contributed by atoms with van der Waals surface area (Å²) in [6, 6.07) is 7.29. The van der Waals surface area contributed by atoms with Crippen LogP contribution in [-0.4, -0.2) is 32.1 Å². The third-order valence-corrected chi connectivity index (χ3v) is 3.70. The molecule has 1 atom stereocenters. The lowest BCUT2D eigenvalue weighted by Crippen LogP contribution is -2.48. The van der Waals surface area contributed by atoms with Crippen molar-refractivity contribution in [1.29, 1.82) is 0 Å². The molecular weight excluding hydrogens is 292 g/mol. The van der Waals surface area contributed by atoms with Crippen LogP contribution in [0.15, 0.2) is 24.3 Å². The van der Waals surface area contributed by atoms with Crippen LogP contribution in [0.1, 0.15) is 12.5 Å². The molecule has 1 saturated heterocycles. The van der Waals surface area contributed by atoms with Gasteiger partial charge in [-0.25, -0.2) is 0 Å². The Morgan fingerprint density at radius 1 is 1.43 bits per heavy atom. The highest BCUT2D eigenvalue weighted by Gasteiger charge is 2.28. The molecule has 2 rings (SSSR count). The summed E-state index contributed by atoms with van der Waals surface area (Å²) in [6.45, 7) is 3.74. The quantitative estimate of drug-likeness (QED) is 0.811. The maximum Gasteiger partial charge on any atom is 0.309 e. The predicted molar refractivity (Wildman–Crippen MR) is 83.6 cm³/mol. The number of anilines is 1. The molecule has 1 aliphatic rings. The van der Waals surface area contributed by atoms with Crippen LogP contribution in [0.3, 0.4) is 0 Å². The first-order chi connectivity index (χ1) is 9.60. The zero-order chi connectivity index (χ0) is 14.5. The highest BCUT2D eigenvalue weighted by atomic mass is 35.5. The molecule has 6 heteroatoms. The van der Waals surface area contributed by atoms with Gasteiger partial charge in [0.25, 0.3) is 0 Å². The second kappa shape index (κ2) is 8.00. The minimum Gasteiger partial charge on any atom is -0.469 e. The SMILES string of the molecule is COC(=O)Cc1cccc(NC(=O)C(C)C2CNC2)c1.Cl. The van der Waals surface area contributed by atoms with E-state index >= 15 is 0 Å². The number of methoxy groups -OCH3 is 1. The fourth-order valence-corrected chi connectivity index (χ4v) is 2.13. The number of hydrogen-bond acceptors (Lipinski definition) is 4. The van der Waals surface area contributed by atoms with Crippen molar-refractivity contribution in [1.82, 2.24) is 5.32 Å². The number of halogens is 1. The first kappa shape index (κ1) is 17.5. The molecule has 1 amide bonds. The van der Waals surface area contributed by atoms with Crippen molar-refractivity contribution in [3.63, 3.8) is 0 Å². The highest BCUT2D eigenvalue weighted by Crippen LogP contribution is 2.19. The maximum atomic E-state index is 12.1. The van der Waals surface area contributed by atoms with Gasteiger partial charge < -0.3 is 15.4 Å². The summed E-state index contributed by atoms with van der Waals surface area (Å²) >= 11 is 0. The number of carbonyl (C=O) groups excluding carboxylic acids is 2. The van der Waals surface area contributed by atoms with Crippen LogP contribution in [0.2, 0.25) is 0 Å². The lowest BCUT2D eigenvalue weighted by Gasteiger charge is -2.31. The third-order valence-electron chi connectivity index (χ3n) is 3.70. The molecule has 21 heavy (non-hydrogen) atoms. The molecule has 1 aromatic carbocycles. The number of amides is 1. The number of esters is 1. The summed E-state index contributed by atoms with van der Waals surface area (Å²) < 4.78 is 4.63. The lowest BCUT2D eigenvalue weighted by atomic mass is 9.88. The van der Waals surface area contributed by atoms with E-state index in [1.165, 1.54) is 7.11 Å². The van der Waals surface area contributed by atoms with E-state index in [0.29, 0.717) is 5.92 Å². The number of carbonyl (C=O) groups is 2. The van der Waals surface area contributed by atoms with Crippen LogP contribution in [-0.2, 0) is 20.7 Å². The first-order valence-corrected chi connectivity index (χ1v) is 6.77. The Hall–Kier alpha value is -1.59. The Morgan fingerprint density at radius 3 is 2.71 bits per heavy atom. The van der Waals surface area contributed by atoms with E-state index in [4.69, 9.17) is 0 Å². The zero-order valence-corrected chi connectivity index (χ0v) is 13.0. The average Bonchev–Trinajstić information content (AvgIpc) is 2.36. The van der Waals surface area contributed by atoms with E-state index < -0.39 is 0 Å². The Balaban J connectivity index is 0.00000220. The van der Waals surface area contributed by atoms with Crippen LogP contribution in [0.4, 0.5) is 5.69 Å². The second-order valence-electron chi connectivity index (χ2n) is 5.15. The molecule has 1 fully saturated rings. The number of rotatable bonds is 5. The molecule has 1 heterocycles. The van der Waals surface area contributed by atoms with Crippen LogP contribution in [0, 0.1) is 11.8 Å². The first-order valence-electron chi connectivity index (χ1n) is 6.77. The molecule has 0 radical (unpaired) electrons. The van der Waals surface area contributed by atoms with E-state index in [2.05, 4.69) is 15.4 Å². The molecule has 0 aromatic heterocycles. The van der Waals surface area contributed by atoms with Crippen LogP contribution >= 0.6 is 12.4 Å². The van der Waals surface area contributed by atoms with Gasteiger partial charge in [-0.15, -0.1) is 12.4 Å². The van der Waals surface area contributed by atoms with E-state index in [-0.39, 0.29) is 36.6 Å². The van der Waals surface area contributed by atoms with Gasteiger partial charge in [-0.1, -0.05) is 19.1 Å². The van der Waals surface area contributed by atoms with Gasteiger partial charge in [0.05, 0.1) is 13.5 Å². The molecule has 0 saturated carbocycles. The van der Waals surface area contributed by atoms with Crippen LogP contribution < -0.4 is 10.6 Å². The van der Waals surface area contributed by atoms with Gasteiger partial charge in [0.1, 0.15) is 0 Å². The van der Waals surface area contributed by atoms with Gasteiger partial charge in [-0.3, -0.25) is 9.59 Å². The van der Waals surface area contributed by atoms with Crippen molar-refractivity contribution >= 4 is 30.0 Å². The van der Waals surface area contributed by atoms with E-state index in [1.54, 1.807) is 6.07 Å². The molecule has 0 spiro atoms. The summed E-state index contributed by atoms with van der Waals surface area (Å²) in [7, 11) is 1.36. The van der Waals surface area contributed by atoms with Crippen molar-refractivity contribution in [2.24, 2.45) is 11.8 Å². The number of nitrogens with one attached hydrogen (secondary N) is 2. The van der Waals surface area contributed by atoms with Gasteiger partial charge in [0.2, 0.25) is 5.91 Å². The Kier molecular flexibility index (Phi) is 6.65. The number of hydrogen-bond donors (Lipinski definition) is 2. The van der Waals surface area contributed by atoms with Crippen molar-refractivity contribution in [2.45, 2.75) is 13.3 Å². The monoisotopic (exact) mass is 312 g/mol. The molecule has 2 N–H and O–H groups in total. The van der Waals surface area contributed by atoms with Crippen LogP contribution in [0.5, 0.6) is 0 Å². The largest absolute Gasteiger partial charge is 0.469 e. The fourth-order valence-electron chi connectivity index (χ4n) is 2.13. The summed E-state index contributed by atoms with van der Waals surface area (Å²) in [6.07, 6.45) is 0.211. The van der Waals surface area contributed by atoms with Gasteiger partial charge in [-0.2, -0.15) is 0 Å². The highest BCUT2D eigenvalue weighted by molar-refractivity contribution is 5.92. The van der Waals surface area contributed by atoms with Crippen molar-refractivity contribution < 1.29 is 14.3 Å². The molecule has 1 aromatic rings. The van der Waals surface area contributed by atoms with Gasteiger partial charge in [0.15, 0.2) is 0 Å². The second-order valence-corrected chi connectivity index (χ2v) is 5.15. The lowest BCUT2D eigenvalue weighted by molar-refractivity contribution is -0.139. The molecule has 0 aliphatic carbocycles. The zero-order valence-electron chi connectivity index (χ0n) is 12.2. The molecule has 0 bridgehead atoms.